The molecule has 2 saturated carbocycles. The van der Waals surface area contributed by atoms with E-state index in [-0.39, 0.29) is 5.82 Å². The number of aliphatic imine (C=N–C) groups is 1. The van der Waals surface area contributed by atoms with Crippen LogP contribution in [0.2, 0.25) is 0 Å². The van der Waals surface area contributed by atoms with Crippen LogP contribution in [0.5, 0.6) is 0 Å². The fourth-order valence-electron chi connectivity index (χ4n) is 3.45. The molecule has 1 aromatic rings. The summed E-state index contributed by atoms with van der Waals surface area (Å²) in [5.74, 6) is 0.787. The molecule has 3 nitrogen and oxygen atoms in total. The first-order valence-electron chi connectivity index (χ1n) is 8.06. The standard InChI is InChI=1S/C17H24FN3/c18-16-9-5-4-8-15(16)12-10-14(11-12)21-17(19)20-13-6-2-1-3-7-13/h4-5,8-9,12-14H,1-3,6-7,10-11H2,(H3,19,20,21). The molecule has 0 saturated heterocycles. The van der Waals surface area contributed by atoms with Crippen LogP contribution in [-0.2, 0) is 0 Å². The Kier molecular flexibility index (Phi) is 4.42. The predicted molar refractivity (Wildman–Crippen MR) is 83.8 cm³/mol. The van der Waals surface area contributed by atoms with E-state index in [2.05, 4.69) is 10.3 Å². The van der Waals surface area contributed by atoms with E-state index in [1.54, 1.807) is 6.07 Å². The SMILES string of the molecule is NC(=NC1CCCCC1)NC1CC(c2ccccc2F)C1. The van der Waals surface area contributed by atoms with Crippen molar-refractivity contribution in [1.29, 1.82) is 0 Å². The van der Waals surface area contributed by atoms with Gasteiger partial charge in [0.25, 0.3) is 0 Å². The normalized spacial score (nSPS) is 27.2. The van der Waals surface area contributed by atoms with Crippen molar-refractivity contribution >= 4 is 5.96 Å². The number of halogens is 1. The molecule has 0 radical (unpaired) electrons. The van der Waals surface area contributed by atoms with Gasteiger partial charge in [0.1, 0.15) is 5.82 Å². The van der Waals surface area contributed by atoms with Gasteiger partial charge in [-0.25, -0.2) is 4.39 Å². The van der Waals surface area contributed by atoms with E-state index in [0.29, 0.717) is 24.0 Å². The first kappa shape index (κ1) is 14.4. The maximum atomic E-state index is 13.7. The molecule has 1 aromatic carbocycles. The summed E-state index contributed by atoms with van der Waals surface area (Å²) in [5, 5.41) is 3.29. The Labute approximate surface area is 125 Å². The molecule has 114 valence electrons. The Hall–Kier alpha value is -1.58. The third-order valence-corrected chi connectivity index (χ3v) is 4.73. The zero-order valence-electron chi connectivity index (χ0n) is 12.4. The van der Waals surface area contributed by atoms with Crippen LogP contribution in [-0.4, -0.2) is 18.0 Å². The smallest absolute Gasteiger partial charge is 0.189 e. The molecule has 2 aliphatic rings. The van der Waals surface area contributed by atoms with Gasteiger partial charge < -0.3 is 11.1 Å². The summed E-state index contributed by atoms with van der Waals surface area (Å²) in [5.41, 5.74) is 6.83. The van der Waals surface area contributed by atoms with Crippen LogP contribution >= 0.6 is 0 Å². The highest BCUT2D eigenvalue weighted by atomic mass is 19.1. The van der Waals surface area contributed by atoms with Crippen molar-refractivity contribution in [3.8, 4) is 0 Å². The summed E-state index contributed by atoms with van der Waals surface area (Å²) in [4.78, 5) is 4.58. The van der Waals surface area contributed by atoms with E-state index in [0.717, 1.165) is 31.2 Å². The van der Waals surface area contributed by atoms with E-state index in [9.17, 15) is 4.39 Å². The summed E-state index contributed by atoms with van der Waals surface area (Å²) in [6.07, 6.45) is 8.03. The Balaban J connectivity index is 1.48. The number of nitrogens with zero attached hydrogens (tertiary/aromatic N) is 1. The number of hydrogen-bond acceptors (Lipinski definition) is 1. The number of guanidine groups is 1. The largest absolute Gasteiger partial charge is 0.370 e. The molecule has 0 spiro atoms. The Morgan fingerprint density at radius 3 is 2.57 bits per heavy atom. The van der Waals surface area contributed by atoms with Crippen LogP contribution in [0.3, 0.4) is 0 Å². The molecule has 0 aliphatic heterocycles. The van der Waals surface area contributed by atoms with Gasteiger partial charge >= 0.3 is 0 Å². The minimum Gasteiger partial charge on any atom is -0.370 e. The van der Waals surface area contributed by atoms with Gasteiger partial charge in [0.05, 0.1) is 6.04 Å². The fourth-order valence-corrected chi connectivity index (χ4v) is 3.45. The van der Waals surface area contributed by atoms with E-state index in [1.807, 2.05) is 12.1 Å². The van der Waals surface area contributed by atoms with Crippen molar-refractivity contribution < 1.29 is 4.39 Å². The van der Waals surface area contributed by atoms with Crippen molar-refractivity contribution in [2.75, 3.05) is 0 Å². The molecule has 2 aliphatic carbocycles. The summed E-state index contributed by atoms with van der Waals surface area (Å²) in [7, 11) is 0. The van der Waals surface area contributed by atoms with Crippen molar-refractivity contribution in [3.05, 3.63) is 35.6 Å². The number of nitrogens with two attached hydrogens (primary N) is 1. The predicted octanol–water partition coefficient (Wildman–Crippen LogP) is 3.31. The monoisotopic (exact) mass is 289 g/mol. The van der Waals surface area contributed by atoms with Crippen molar-refractivity contribution in [1.82, 2.24) is 5.32 Å². The van der Waals surface area contributed by atoms with Crippen molar-refractivity contribution in [2.45, 2.75) is 62.9 Å². The highest BCUT2D eigenvalue weighted by Gasteiger charge is 2.32. The molecule has 3 N–H and O–H groups in total. The third-order valence-electron chi connectivity index (χ3n) is 4.73. The minimum absolute atomic E-state index is 0.0928. The molecule has 0 atom stereocenters. The van der Waals surface area contributed by atoms with Crippen LogP contribution in [0.1, 0.15) is 56.4 Å². The zero-order chi connectivity index (χ0) is 14.7. The zero-order valence-corrected chi connectivity index (χ0v) is 12.4. The molecule has 4 heteroatoms. The Morgan fingerprint density at radius 2 is 1.86 bits per heavy atom. The third kappa shape index (κ3) is 3.55. The molecule has 0 bridgehead atoms. The molecule has 0 heterocycles. The molecular formula is C17H24FN3. The van der Waals surface area contributed by atoms with Gasteiger partial charge in [0.15, 0.2) is 5.96 Å². The lowest BCUT2D eigenvalue weighted by molar-refractivity contribution is 0.315. The number of nitrogens with one attached hydrogen (secondary N) is 1. The highest BCUT2D eigenvalue weighted by molar-refractivity contribution is 5.78. The average molecular weight is 289 g/mol. The topological polar surface area (TPSA) is 50.4 Å². The Morgan fingerprint density at radius 1 is 1.14 bits per heavy atom. The summed E-state index contributed by atoms with van der Waals surface area (Å²) in [6.45, 7) is 0. The van der Waals surface area contributed by atoms with Gasteiger partial charge in [0, 0.05) is 6.04 Å². The molecule has 3 rings (SSSR count). The molecular weight excluding hydrogens is 265 g/mol. The lowest BCUT2D eigenvalue weighted by Gasteiger charge is -2.36. The second-order valence-corrected chi connectivity index (χ2v) is 6.34. The number of benzene rings is 1. The van der Waals surface area contributed by atoms with Gasteiger partial charge in [-0.3, -0.25) is 4.99 Å². The summed E-state index contributed by atoms with van der Waals surface area (Å²) >= 11 is 0. The number of hydrogen-bond donors (Lipinski definition) is 2. The lowest BCUT2D eigenvalue weighted by atomic mass is 9.76. The van der Waals surface area contributed by atoms with Crippen LogP contribution < -0.4 is 11.1 Å². The van der Waals surface area contributed by atoms with Gasteiger partial charge in [0.2, 0.25) is 0 Å². The van der Waals surface area contributed by atoms with Crippen LogP contribution in [0, 0.1) is 5.82 Å². The summed E-state index contributed by atoms with van der Waals surface area (Å²) < 4.78 is 13.7. The van der Waals surface area contributed by atoms with Gasteiger partial charge in [-0.1, -0.05) is 37.5 Å². The van der Waals surface area contributed by atoms with Crippen LogP contribution in [0.4, 0.5) is 4.39 Å². The average Bonchev–Trinajstić information content (AvgIpc) is 2.45. The highest BCUT2D eigenvalue weighted by Crippen LogP contribution is 2.37. The number of rotatable bonds is 3. The lowest BCUT2D eigenvalue weighted by Crippen LogP contribution is -2.47. The summed E-state index contributed by atoms with van der Waals surface area (Å²) in [6, 6.07) is 7.79. The molecule has 0 aromatic heterocycles. The van der Waals surface area contributed by atoms with E-state index < -0.39 is 0 Å². The van der Waals surface area contributed by atoms with Crippen molar-refractivity contribution in [3.63, 3.8) is 0 Å². The van der Waals surface area contributed by atoms with Crippen molar-refractivity contribution in [2.24, 2.45) is 10.7 Å². The molecule has 0 unspecified atom stereocenters. The molecule has 2 fully saturated rings. The second kappa shape index (κ2) is 6.46. The van der Waals surface area contributed by atoms with E-state index in [4.69, 9.17) is 5.73 Å². The second-order valence-electron chi connectivity index (χ2n) is 6.34. The van der Waals surface area contributed by atoms with Crippen LogP contribution in [0.25, 0.3) is 0 Å². The minimum atomic E-state index is -0.0928. The van der Waals surface area contributed by atoms with Crippen LogP contribution in [0.15, 0.2) is 29.3 Å². The maximum absolute atomic E-state index is 13.7. The van der Waals surface area contributed by atoms with Gasteiger partial charge in [-0.05, 0) is 43.2 Å². The fraction of sp³-hybridized carbons (Fsp3) is 0.588. The quantitative estimate of drug-likeness (QED) is 0.662. The van der Waals surface area contributed by atoms with E-state index >= 15 is 0 Å². The first-order chi connectivity index (χ1) is 10.2. The van der Waals surface area contributed by atoms with Gasteiger partial charge in [-0.2, -0.15) is 0 Å². The molecule has 21 heavy (non-hydrogen) atoms. The van der Waals surface area contributed by atoms with Gasteiger partial charge in [-0.15, -0.1) is 0 Å². The first-order valence-corrected chi connectivity index (χ1v) is 8.06. The van der Waals surface area contributed by atoms with E-state index in [1.165, 1.54) is 25.3 Å². The maximum Gasteiger partial charge on any atom is 0.189 e. The Bertz CT molecular complexity index is 503. The molecule has 0 amide bonds.